The third kappa shape index (κ3) is 2.52. The summed E-state index contributed by atoms with van der Waals surface area (Å²) in [5.74, 6) is 0.201. The fourth-order valence-corrected chi connectivity index (χ4v) is 1.82. The maximum absolute atomic E-state index is 12.5. The van der Waals surface area contributed by atoms with Crippen LogP contribution in [0.2, 0.25) is 0 Å². The SMILES string of the molecule is CC(Cl)c1nc2cnccc2n1CC(F)(F)F. The van der Waals surface area contributed by atoms with Crippen molar-refractivity contribution < 1.29 is 13.2 Å². The van der Waals surface area contributed by atoms with E-state index in [4.69, 9.17) is 11.6 Å². The Balaban J connectivity index is 2.60. The maximum atomic E-state index is 12.5. The van der Waals surface area contributed by atoms with Crippen molar-refractivity contribution >= 4 is 22.6 Å². The molecule has 2 aromatic heterocycles. The van der Waals surface area contributed by atoms with E-state index < -0.39 is 18.1 Å². The third-order valence-electron chi connectivity index (χ3n) is 2.27. The predicted octanol–water partition coefficient (Wildman–Crippen LogP) is 3.29. The molecule has 2 aromatic rings. The van der Waals surface area contributed by atoms with E-state index in [0.29, 0.717) is 11.0 Å². The average molecular weight is 264 g/mol. The van der Waals surface area contributed by atoms with Crippen LogP contribution >= 0.6 is 11.6 Å². The van der Waals surface area contributed by atoms with Gasteiger partial charge < -0.3 is 4.57 Å². The van der Waals surface area contributed by atoms with Crippen molar-refractivity contribution in [2.75, 3.05) is 0 Å². The summed E-state index contributed by atoms with van der Waals surface area (Å²) in [4.78, 5) is 7.89. The van der Waals surface area contributed by atoms with Gasteiger partial charge in [0.05, 0.1) is 17.1 Å². The van der Waals surface area contributed by atoms with Gasteiger partial charge in [-0.3, -0.25) is 4.98 Å². The summed E-state index contributed by atoms with van der Waals surface area (Å²) in [5.41, 5.74) is 0.805. The molecular formula is C10H9ClF3N3. The number of rotatable bonds is 2. The smallest absolute Gasteiger partial charge is 0.317 e. The third-order valence-corrected chi connectivity index (χ3v) is 2.47. The average Bonchev–Trinajstić information content (AvgIpc) is 2.55. The van der Waals surface area contributed by atoms with Crippen LogP contribution in [0.3, 0.4) is 0 Å². The normalized spacial score (nSPS) is 14.2. The summed E-state index contributed by atoms with van der Waals surface area (Å²) in [7, 11) is 0. The molecule has 0 radical (unpaired) electrons. The van der Waals surface area contributed by atoms with Gasteiger partial charge in [0.15, 0.2) is 0 Å². The van der Waals surface area contributed by atoms with Crippen LogP contribution in [0.25, 0.3) is 11.0 Å². The minimum absolute atomic E-state index is 0.201. The second-order valence-electron chi connectivity index (χ2n) is 3.65. The Labute approximate surface area is 100 Å². The van der Waals surface area contributed by atoms with E-state index >= 15 is 0 Å². The summed E-state index contributed by atoms with van der Waals surface area (Å²) in [6.45, 7) is 0.489. The lowest BCUT2D eigenvalue weighted by Crippen LogP contribution is -2.19. The number of fused-ring (bicyclic) bond motifs is 1. The lowest BCUT2D eigenvalue weighted by molar-refractivity contribution is -0.140. The van der Waals surface area contributed by atoms with E-state index in [2.05, 4.69) is 9.97 Å². The summed E-state index contributed by atoms with van der Waals surface area (Å²) < 4.78 is 38.5. The van der Waals surface area contributed by atoms with Crippen LogP contribution in [0.4, 0.5) is 13.2 Å². The molecule has 0 fully saturated rings. The number of pyridine rings is 1. The van der Waals surface area contributed by atoms with Crippen LogP contribution < -0.4 is 0 Å². The van der Waals surface area contributed by atoms with Crippen molar-refractivity contribution in [3.63, 3.8) is 0 Å². The molecule has 17 heavy (non-hydrogen) atoms. The first kappa shape index (κ1) is 12.2. The Morgan fingerprint density at radius 2 is 2.18 bits per heavy atom. The van der Waals surface area contributed by atoms with Crippen LogP contribution in [0.5, 0.6) is 0 Å². The quantitative estimate of drug-likeness (QED) is 0.779. The number of halogens is 4. The lowest BCUT2D eigenvalue weighted by atomic mass is 10.4. The molecule has 7 heteroatoms. The van der Waals surface area contributed by atoms with Gasteiger partial charge in [0.25, 0.3) is 0 Å². The molecule has 0 N–H and O–H groups in total. The monoisotopic (exact) mass is 263 g/mol. The lowest BCUT2D eigenvalue weighted by Gasteiger charge is -2.12. The summed E-state index contributed by atoms with van der Waals surface area (Å²) in [5, 5.41) is -0.593. The molecule has 3 nitrogen and oxygen atoms in total. The molecular weight excluding hydrogens is 255 g/mol. The number of hydrogen-bond acceptors (Lipinski definition) is 2. The highest BCUT2D eigenvalue weighted by Crippen LogP contribution is 2.27. The Morgan fingerprint density at radius 1 is 1.47 bits per heavy atom. The topological polar surface area (TPSA) is 30.7 Å². The first-order valence-corrected chi connectivity index (χ1v) is 5.33. The van der Waals surface area contributed by atoms with E-state index in [0.717, 1.165) is 4.57 Å². The number of hydrogen-bond donors (Lipinski definition) is 0. The first-order chi connectivity index (χ1) is 7.88. The summed E-state index contributed by atoms with van der Waals surface area (Å²) in [6, 6.07) is 1.50. The zero-order valence-corrected chi connectivity index (χ0v) is 9.63. The van der Waals surface area contributed by atoms with Crippen LogP contribution in [-0.4, -0.2) is 20.7 Å². The van der Waals surface area contributed by atoms with E-state index in [-0.39, 0.29) is 5.82 Å². The van der Waals surface area contributed by atoms with Crippen molar-refractivity contribution in [3.8, 4) is 0 Å². The van der Waals surface area contributed by atoms with Crippen LogP contribution in [0.15, 0.2) is 18.5 Å². The van der Waals surface area contributed by atoms with E-state index in [1.54, 1.807) is 6.92 Å². The highest BCUT2D eigenvalue weighted by molar-refractivity contribution is 6.20. The maximum Gasteiger partial charge on any atom is 0.406 e. The highest BCUT2D eigenvalue weighted by atomic mass is 35.5. The molecule has 0 amide bonds. The minimum atomic E-state index is -4.31. The van der Waals surface area contributed by atoms with Crippen molar-refractivity contribution in [1.82, 2.24) is 14.5 Å². The van der Waals surface area contributed by atoms with Crippen molar-refractivity contribution in [2.24, 2.45) is 0 Å². The van der Waals surface area contributed by atoms with Crippen molar-refractivity contribution in [1.29, 1.82) is 0 Å². The van der Waals surface area contributed by atoms with Crippen molar-refractivity contribution in [3.05, 3.63) is 24.3 Å². The Morgan fingerprint density at radius 3 is 2.76 bits per heavy atom. The zero-order chi connectivity index (χ0) is 12.6. The Hall–Kier alpha value is -1.30. The molecule has 0 aliphatic rings. The second kappa shape index (κ2) is 4.18. The van der Waals surface area contributed by atoms with Crippen LogP contribution in [0, 0.1) is 0 Å². The first-order valence-electron chi connectivity index (χ1n) is 4.89. The number of nitrogens with zero attached hydrogens (tertiary/aromatic N) is 3. The van der Waals surface area contributed by atoms with Gasteiger partial charge in [0, 0.05) is 6.20 Å². The molecule has 0 saturated heterocycles. The van der Waals surface area contributed by atoms with Crippen LogP contribution in [0.1, 0.15) is 18.1 Å². The van der Waals surface area contributed by atoms with Gasteiger partial charge in [-0.25, -0.2) is 4.98 Å². The Kier molecular flexibility index (Phi) is 2.99. The van der Waals surface area contributed by atoms with Gasteiger partial charge in [-0.2, -0.15) is 13.2 Å². The number of imidazole rings is 1. The Bertz CT molecular complexity index is 533. The summed E-state index contributed by atoms with van der Waals surface area (Å²) in [6.07, 6.45) is -1.46. The van der Waals surface area contributed by atoms with Gasteiger partial charge in [-0.05, 0) is 13.0 Å². The van der Waals surface area contributed by atoms with Gasteiger partial charge in [-0.15, -0.1) is 11.6 Å². The van der Waals surface area contributed by atoms with E-state index in [1.165, 1.54) is 18.5 Å². The van der Waals surface area contributed by atoms with E-state index in [1.807, 2.05) is 0 Å². The second-order valence-corrected chi connectivity index (χ2v) is 4.31. The van der Waals surface area contributed by atoms with E-state index in [9.17, 15) is 13.2 Å². The zero-order valence-electron chi connectivity index (χ0n) is 8.87. The predicted molar refractivity (Wildman–Crippen MR) is 57.9 cm³/mol. The van der Waals surface area contributed by atoms with Gasteiger partial charge in [0.1, 0.15) is 17.9 Å². The highest BCUT2D eigenvalue weighted by Gasteiger charge is 2.30. The molecule has 0 aromatic carbocycles. The fraction of sp³-hybridized carbons (Fsp3) is 0.400. The number of aromatic nitrogens is 3. The molecule has 0 bridgehead atoms. The molecule has 1 atom stereocenters. The summed E-state index contributed by atoms with van der Waals surface area (Å²) >= 11 is 5.84. The molecule has 92 valence electrons. The van der Waals surface area contributed by atoms with Crippen LogP contribution in [-0.2, 0) is 6.54 Å². The minimum Gasteiger partial charge on any atom is -0.317 e. The standard InChI is InChI=1S/C10H9ClF3N3/c1-6(11)9-16-7-4-15-3-2-8(7)17(9)5-10(12,13)14/h2-4,6H,5H2,1H3. The molecule has 0 spiro atoms. The largest absolute Gasteiger partial charge is 0.406 e. The molecule has 2 rings (SSSR count). The number of alkyl halides is 4. The molecule has 1 unspecified atom stereocenters. The molecule has 2 heterocycles. The van der Waals surface area contributed by atoms with Crippen molar-refractivity contribution in [2.45, 2.75) is 25.0 Å². The fourth-order valence-electron chi connectivity index (χ4n) is 1.65. The van der Waals surface area contributed by atoms with Gasteiger partial charge in [-0.1, -0.05) is 0 Å². The molecule has 0 aliphatic heterocycles. The van der Waals surface area contributed by atoms with Gasteiger partial charge >= 0.3 is 6.18 Å². The molecule has 0 saturated carbocycles. The molecule has 0 aliphatic carbocycles. The van der Waals surface area contributed by atoms with Gasteiger partial charge in [0.2, 0.25) is 0 Å².